The number of carboxylic acid groups (broad SMARTS) is 1. The van der Waals surface area contributed by atoms with Crippen molar-refractivity contribution in [3.8, 4) is 0 Å². The lowest BCUT2D eigenvalue weighted by Gasteiger charge is -2.08. The van der Waals surface area contributed by atoms with Crippen LogP contribution in [0, 0.1) is 0 Å². The Morgan fingerprint density at radius 1 is 1.73 bits per heavy atom. The van der Waals surface area contributed by atoms with Gasteiger partial charge < -0.3 is 9.84 Å². The molecule has 6 nitrogen and oxygen atoms in total. The van der Waals surface area contributed by atoms with Crippen LogP contribution >= 0.6 is 11.6 Å². The molecule has 7 heteroatoms. The van der Waals surface area contributed by atoms with Crippen molar-refractivity contribution in [1.29, 1.82) is 0 Å². The van der Waals surface area contributed by atoms with Gasteiger partial charge in [-0.15, -0.1) is 5.10 Å². The van der Waals surface area contributed by atoms with E-state index in [0.717, 1.165) is 19.4 Å². The van der Waals surface area contributed by atoms with E-state index in [1.807, 2.05) is 0 Å². The van der Waals surface area contributed by atoms with Gasteiger partial charge in [-0.3, -0.25) is 0 Å². The summed E-state index contributed by atoms with van der Waals surface area (Å²) in [6, 6.07) is 0. The van der Waals surface area contributed by atoms with Crippen LogP contribution in [0.3, 0.4) is 0 Å². The van der Waals surface area contributed by atoms with Gasteiger partial charge in [-0.1, -0.05) is 16.8 Å². The van der Waals surface area contributed by atoms with Crippen LogP contribution < -0.4 is 0 Å². The number of carboxylic acids is 1. The summed E-state index contributed by atoms with van der Waals surface area (Å²) in [5.74, 6) is -1.17. The number of ether oxygens (including phenoxy) is 1. The molecule has 82 valence electrons. The third-order valence-electron chi connectivity index (χ3n) is 2.28. The highest BCUT2D eigenvalue weighted by Crippen LogP contribution is 2.18. The molecule has 0 aliphatic carbocycles. The number of aromatic carboxylic acids is 1. The highest BCUT2D eigenvalue weighted by atomic mass is 35.5. The molecule has 0 unspecified atom stereocenters. The number of halogens is 1. The van der Waals surface area contributed by atoms with E-state index in [-0.39, 0.29) is 17.0 Å². The molecule has 1 saturated heterocycles. The fourth-order valence-electron chi connectivity index (χ4n) is 1.53. The molecule has 0 aromatic carbocycles. The third-order valence-corrected chi connectivity index (χ3v) is 2.65. The Bertz CT molecular complexity index is 373. The SMILES string of the molecule is O=C(O)c1nnn(C[C@H]2CCCO2)c1Cl. The zero-order chi connectivity index (χ0) is 10.8. The van der Waals surface area contributed by atoms with E-state index in [9.17, 15) is 4.79 Å². The maximum Gasteiger partial charge on any atom is 0.359 e. The van der Waals surface area contributed by atoms with Crippen LogP contribution in [0.2, 0.25) is 5.15 Å². The highest BCUT2D eigenvalue weighted by Gasteiger charge is 2.21. The maximum absolute atomic E-state index is 10.6. The summed E-state index contributed by atoms with van der Waals surface area (Å²) in [5, 5.41) is 15.9. The average molecular weight is 232 g/mol. The maximum atomic E-state index is 10.6. The molecule has 1 aromatic rings. The van der Waals surface area contributed by atoms with Gasteiger partial charge in [0.1, 0.15) is 0 Å². The van der Waals surface area contributed by atoms with Crippen LogP contribution in [0.15, 0.2) is 0 Å². The Balaban J connectivity index is 2.11. The fraction of sp³-hybridized carbons (Fsp3) is 0.625. The average Bonchev–Trinajstić information content (AvgIpc) is 2.78. The second kappa shape index (κ2) is 4.16. The molecule has 0 spiro atoms. The summed E-state index contributed by atoms with van der Waals surface area (Å²) in [6.45, 7) is 1.20. The molecule has 0 amide bonds. The third kappa shape index (κ3) is 2.10. The summed E-state index contributed by atoms with van der Waals surface area (Å²) in [5.41, 5.74) is -0.213. The van der Waals surface area contributed by atoms with E-state index >= 15 is 0 Å². The van der Waals surface area contributed by atoms with Crippen LogP contribution in [-0.4, -0.2) is 38.8 Å². The minimum Gasteiger partial charge on any atom is -0.476 e. The number of rotatable bonds is 3. The first-order valence-corrected chi connectivity index (χ1v) is 5.00. The second-order valence-corrected chi connectivity index (χ2v) is 3.71. The van der Waals surface area contributed by atoms with Crippen LogP contribution in [0.4, 0.5) is 0 Å². The van der Waals surface area contributed by atoms with E-state index in [0.29, 0.717) is 6.54 Å². The summed E-state index contributed by atoms with van der Waals surface area (Å²) in [7, 11) is 0. The lowest BCUT2D eigenvalue weighted by Crippen LogP contribution is -2.16. The molecule has 1 N–H and O–H groups in total. The van der Waals surface area contributed by atoms with Gasteiger partial charge in [0.25, 0.3) is 0 Å². The second-order valence-electron chi connectivity index (χ2n) is 3.35. The normalized spacial score (nSPS) is 20.7. The van der Waals surface area contributed by atoms with Gasteiger partial charge in [0, 0.05) is 6.61 Å². The fourth-order valence-corrected chi connectivity index (χ4v) is 1.75. The van der Waals surface area contributed by atoms with E-state index in [2.05, 4.69) is 10.3 Å². The molecule has 1 aliphatic rings. The van der Waals surface area contributed by atoms with Crippen LogP contribution in [-0.2, 0) is 11.3 Å². The van der Waals surface area contributed by atoms with Crippen molar-refractivity contribution in [1.82, 2.24) is 15.0 Å². The molecular formula is C8H10ClN3O3. The van der Waals surface area contributed by atoms with Crippen LogP contribution in [0.5, 0.6) is 0 Å². The minimum atomic E-state index is -1.17. The molecule has 15 heavy (non-hydrogen) atoms. The van der Waals surface area contributed by atoms with E-state index in [4.69, 9.17) is 21.4 Å². The monoisotopic (exact) mass is 231 g/mol. The van der Waals surface area contributed by atoms with Crippen molar-refractivity contribution >= 4 is 17.6 Å². The van der Waals surface area contributed by atoms with Crippen molar-refractivity contribution in [3.63, 3.8) is 0 Å². The Hall–Kier alpha value is -1.14. The zero-order valence-electron chi connectivity index (χ0n) is 7.89. The number of carbonyl (C=O) groups is 1. The zero-order valence-corrected chi connectivity index (χ0v) is 8.65. The molecule has 1 aromatic heterocycles. The van der Waals surface area contributed by atoms with Crippen molar-refractivity contribution in [2.24, 2.45) is 0 Å². The molecule has 0 bridgehead atoms. The number of hydrogen-bond donors (Lipinski definition) is 1. The van der Waals surface area contributed by atoms with Gasteiger partial charge in [0.05, 0.1) is 12.6 Å². The number of hydrogen-bond acceptors (Lipinski definition) is 4. The Labute approximate surface area is 90.8 Å². The summed E-state index contributed by atoms with van der Waals surface area (Å²) >= 11 is 5.80. The van der Waals surface area contributed by atoms with E-state index in [1.165, 1.54) is 4.68 Å². The van der Waals surface area contributed by atoms with Gasteiger partial charge in [-0.05, 0) is 12.8 Å². The van der Waals surface area contributed by atoms with Crippen LogP contribution in [0.25, 0.3) is 0 Å². The molecule has 2 heterocycles. The highest BCUT2D eigenvalue weighted by molar-refractivity contribution is 6.32. The molecule has 2 rings (SSSR count). The van der Waals surface area contributed by atoms with Gasteiger partial charge in [0.2, 0.25) is 5.69 Å². The predicted molar refractivity (Wildman–Crippen MR) is 51.0 cm³/mol. The van der Waals surface area contributed by atoms with E-state index < -0.39 is 5.97 Å². The smallest absolute Gasteiger partial charge is 0.359 e. The predicted octanol–water partition coefficient (Wildman–Crippen LogP) is 0.809. The molecule has 1 atom stereocenters. The van der Waals surface area contributed by atoms with Gasteiger partial charge in [-0.2, -0.15) is 0 Å². The summed E-state index contributed by atoms with van der Waals surface area (Å²) in [4.78, 5) is 10.6. The quantitative estimate of drug-likeness (QED) is 0.833. The van der Waals surface area contributed by atoms with Crippen molar-refractivity contribution in [2.45, 2.75) is 25.5 Å². The van der Waals surface area contributed by atoms with Gasteiger partial charge in [-0.25, -0.2) is 9.48 Å². The van der Waals surface area contributed by atoms with Crippen molar-refractivity contribution < 1.29 is 14.6 Å². The number of nitrogens with zero attached hydrogens (tertiary/aromatic N) is 3. The largest absolute Gasteiger partial charge is 0.476 e. The summed E-state index contributed by atoms with van der Waals surface area (Å²) in [6.07, 6.45) is 2.02. The lowest BCUT2D eigenvalue weighted by molar-refractivity contribution is 0.0690. The molecular weight excluding hydrogens is 222 g/mol. The van der Waals surface area contributed by atoms with Crippen molar-refractivity contribution in [3.05, 3.63) is 10.8 Å². The first kappa shape index (κ1) is 10.4. The Morgan fingerprint density at radius 3 is 3.07 bits per heavy atom. The lowest BCUT2D eigenvalue weighted by atomic mass is 10.2. The van der Waals surface area contributed by atoms with Crippen LogP contribution in [0.1, 0.15) is 23.3 Å². The topological polar surface area (TPSA) is 77.2 Å². The van der Waals surface area contributed by atoms with Gasteiger partial charge >= 0.3 is 5.97 Å². The number of aromatic nitrogens is 3. The Morgan fingerprint density at radius 2 is 2.53 bits per heavy atom. The molecule has 1 aliphatic heterocycles. The van der Waals surface area contributed by atoms with Gasteiger partial charge in [0.15, 0.2) is 5.15 Å². The molecule has 0 saturated carbocycles. The molecule has 1 fully saturated rings. The Kier molecular flexibility index (Phi) is 2.88. The first-order chi connectivity index (χ1) is 7.18. The van der Waals surface area contributed by atoms with E-state index in [1.54, 1.807) is 0 Å². The molecule has 0 radical (unpaired) electrons. The standard InChI is InChI=1S/C8H10ClN3O3/c9-7-6(8(13)14)10-11-12(7)4-5-2-1-3-15-5/h5H,1-4H2,(H,13,14)/t5-/m1/s1. The minimum absolute atomic E-state index is 0.0537. The van der Waals surface area contributed by atoms with Crippen molar-refractivity contribution in [2.75, 3.05) is 6.61 Å². The first-order valence-electron chi connectivity index (χ1n) is 4.62. The summed E-state index contributed by atoms with van der Waals surface area (Å²) < 4.78 is 6.75.